The largest absolute Gasteiger partial charge is 0.469 e. The summed E-state index contributed by atoms with van der Waals surface area (Å²) >= 11 is 0. The van der Waals surface area contributed by atoms with E-state index in [1.54, 1.807) is 0 Å². The van der Waals surface area contributed by atoms with E-state index in [1.807, 2.05) is 19.1 Å². The Labute approximate surface area is 248 Å². The molecule has 7 heteroatoms. The van der Waals surface area contributed by atoms with Crippen LogP contribution in [-0.2, 0) is 33.3 Å². The van der Waals surface area contributed by atoms with Gasteiger partial charge in [-0.15, -0.1) is 0 Å². The molecule has 2 saturated heterocycles. The van der Waals surface area contributed by atoms with E-state index in [1.165, 1.54) is 13.5 Å². The number of carbonyl (C=O) groups excluding carboxylic acids is 2. The first-order valence-electron chi connectivity index (χ1n) is 16.2. The topological polar surface area (TPSA) is 80.3 Å². The van der Waals surface area contributed by atoms with Gasteiger partial charge in [-0.1, -0.05) is 32.9 Å². The lowest BCUT2D eigenvalue weighted by Gasteiger charge is -2.39. The van der Waals surface area contributed by atoms with Crippen LogP contribution in [0, 0.1) is 22.7 Å². The van der Waals surface area contributed by atoms with Gasteiger partial charge in [-0.05, 0) is 101 Å². The van der Waals surface area contributed by atoms with E-state index in [0.29, 0.717) is 50.6 Å². The molecule has 0 radical (unpaired) electrons. The summed E-state index contributed by atoms with van der Waals surface area (Å²) in [6.45, 7) is 10.9. The van der Waals surface area contributed by atoms with Crippen LogP contribution in [0.3, 0.4) is 0 Å². The van der Waals surface area contributed by atoms with Crippen molar-refractivity contribution in [2.75, 3.05) is 26.9 Å². The monoisotopic (exact) mass is 576 g/mol. The number of carbonyl (C=O) groups is 2. The summed E-state index contributed by atoms with van der Waals surface area (Å²) in [5.41, 5.74) is -1.03. The van der Waals surface area contributed by atoms with E-state index >= 15 is 0 Å². The molecular formula is C34H56O7. The molecule has 1 saturated carbocycles. The van der Waals surface area contributed by atoms with Crippen LogP contribution in [0.25, 0.3) is 0 Å². The van der Waals surface area contributed by atoms with Gasteiger partial charge in [0.05, 0.1) is 31.7 Å². The van der Waals surface area contributed by atoms with Crippen molar-refractivity contribution in [1.29, 1.82) is 0 Å². The minimum absolute atomic E-state index is 0.0216. The van der Waals surface area contributed by atoms with Crippen molar-refractivity contribution in [1.82, 2.24) is 0 Å². The zero-order valence-electron chi connectivity index (χ0n) is 26.4. The zero-order valence-corrected chi connectivity index (χ0v) is 26.4. The van der Waals surface area contributed by atoms with Gasteiger partial charge in [-0.3, -0.25) is 9.59 Å². The highest BCUT2D eigenvalue weighted by Gasteiger charge is 2.55. The lowest BCUT2D eigenvalue weighted by Crippen LogP contribution is -2.43. The first kappa shape index (κ1) is 33.8. The Kier molecular flexibility index (Phi) is 13.9. The molecule has 234 valence electrons. The molecule has 0 spiro atoms. The van der Waals surface area contributed by atoms with Gasteiger partial charge in [0.1, 0.15) is 11.5 Å². The molecule has 3 rings (SSSR count). The summed E-state index contributed by atoms with van der Waals surface area (Å²) in [5, 5.41) is 0. The molecule has 1 aliphatic carbocycles. The van der Waals surface area contributed by atoms with Gasteiger partial charge in [0.25, 0.3) is 0 Å². The summed E-state index contributed by atoms with van der Waals surface area (Å²) < 4.78 is 29.6. The minimum Gasteiger partial charge on any atom is -0.469 e. The SMILES string of the molecule is CC=CCC[C@H](C(=O)OC)[C@@]1(C(=CCC(C)(C)CCC(C)COC2CCCCO2)OC2CCCCO2)CCCC1=O. The Morgan fingerprint density at radius 1 is 1.07 bits per heavy atom. The Bertz CT molecular complexity index is 866. The van der Waals surface area contributed by atoms with E-state index < -0.39 is 17.6 Å². The fourth-order valence-electron chi connectivity index (χ4n) is 6.42. The highest BCUT2D eigenvalue weighted by Crippen LogP contribution is 2.51. The number of rotatable bonds is 16. The molecule has 0 aromatic heterocycles. The maximum atomic E-state index is 13.8. The quantitative estimate of drug-likeness (QED) is 0.106. The second kappa shape index (κ2) is 16.8. The fourth-order valence-corrected chi connectivity index (χ4v) is 6.42. The Morgan fingerprint density at radius 2 is 1.78 bits per heavy atom. The first-order chi connectivity index (χ1) is 19.7. The van der Waals surface area contributed by atoms with Gasteiger partial charge >= 0.3 is 5.97 Å². The van der Waals surface area contributed by atoms with E-state index in [4.69, 9.17) is 23.7 Å². The third-order valence-electron chi connectivity index (χ3n) is 9.11. The molecule has 3 unspecified atom stereocenters. The number of esters is 1. The van der Waals surface area contributed by atoms with Crippen LogP contribution in [0.15, 0.2) is 24.0 Å². The van der Waals surface area contributed by atoms with Crippen LogP contribution in [0.1, 0.15) is 118 Å². The van der Waals surface area contributed by atoms with Gasteiger partial charge in [-0.25, -0.2) is 0 Å². The number of hydrogen-bond donors (Lipinski definition) is 0. The Balaban J connectivity index is 1.78. The molecule has 0 N–H and O–H groups in total. The molecule has 0 aromatic carbocycles. The number of ketones is 1. The van der Waals surface area contributed by atoms with Crippen LogP contribution >= 0.6 is 0 Å². The van der Waals surface area contributed by atoms with Gasteiger partial charge < -0.3 is 23.7 Å². The summed E-state index contributed by atoms with van der Waals surface area (Å²) in [7, 11) is 1.42. The van der Waals surface area contributed by atoms with Crippen molar-refractivity contribution in [3.05, 3.63) is 24.0 Å². The average Bonchev–Trinajstić information content (AvgIpc) is 3.37. The second-order valence-corrected chi connectivity index (χ2v) is 13.1. The third-order valence-corrected chi connectivity index (χ3v) is 9.11. The smallest absolute Gasteiger partial charge is 0.310 e. The molecule has 7 nitrogen and oxygen atoms in total. The van der Waals surface area contributed by atoms with Crippen molar-refractivity contribution in [2.45, 2.75) is 130 Å². The molecule has 0 amide bonds. The maximum Gasteiger partial charge on any atom is 0.310 e. The Hall–Kier alpha value is -1.70. The summed E-state index contributed by atoms with van der Waals surface area (Å²) in [6.07, 6.45) is 17.6. The predicted molar refractivity (Wildman–Crippen MR) is 160 cm³/mol. The number of Topliss-reactive ketones (excluding diaryl/α,β-unsaturated/α-hetero) is 1. The summed E-state index contributed by atoms with van der Waals surface area (Å²) in [4.78, 5) is 27.1. The lowest BCUT2D eigenvalue weighted by atomic mass is 9.68. The molecule has 3 fully saturated rings. The summed E-state index contributed by atoms with van der Waals surface area (Å²) in [5.74, 6) is 0.216. The number of hydrogen-bond acceptors (Lipinski definition) is 7. The number of ether oxygens (including phenoxy) is 5. The second-order valence-electron chi connectivity index (χ2n) is 13.1. The average molecular weight is 577 g/mol. The van der Waals surface area contributed by atoms with Crippen LogP contribution in [0.5, 0.6) is 0 Å². The third kappa shape index (κ3) is 9.93. The zero-order chi connectivity index (χ0) is 29.7. The number of allylic oxidation sites excluding steroid dienone is 4. The standard InChI is InChI=1S/C34H56O7/c1-6-7-8-14-27(32(36)37-5)34(20-13-15-28(34)35)29(41-31-17-10-12-24-39-31)19-22-33(3,4)21-18-26(2)25-40-30-16-9-11-23-38-30/h6-7,19,26-27,30-31H,8-18,20-25H2,1-5H3/t26?,27-,30?,31?,34+/m1/s1. The van der Waals surface area contributed by atoms with Gasteiger partial charge in [0, 0.05) is 19.4 Å². The highest BCUT2D eigenvalue weighted by atomic mass is 16.7. The van der Waals surface area contributed by atoms with Crippen molar-refractivity contribution >= 4 is 11.8 Å². The molecule has 3 aliphatic rings. The molecule has 5 atom stereocenters. The molecule has 41 heavy (non-hydrogen) atoms. The highest BCUT2D eigenvalue weighted by molar-refractivity contribution is 5.94. The fraction of sp³-hybridized carbons (Fsp3) is 0.824. The first-order valence-corrected chi connectivity index (χ1v) is 16.2. The van der Waals surface area contributed by atoms with E-state index in [9.17, 15) is 9.59 Å². The van der Waals surface area contributed by atoms with Crippen molar-refractivity contribution < 1.29 is 33.3 Å². The molecule has 2 heterocycles. The molecule has 0 bridgehead atoms. The van der Waals surface area contributed by atoms with Crippen molar-refractivity contribution in [2.24, 2.45) is 22.7 Å². The van der Waals surface area contributed by atoms with Crippen molar-refractivity contribution in [3.8, 4) is 0 Å². The van der Waals surface area contributed by atoms with Crippen LogP contribution in [0.2, 0.25) is 0 Å². The van der Waals surface area contributed by atoms with E-state index in [-0.39, 0.29) is 23.5 Å². The van der Waals surface area contributed by atoms with Crippen LogP contribution in [0.4, 0.5) is 0 Å². The van der Waals surface area contributed by atoms with Gasteiger partial charge in [0.15, 0.2) is 12.6 Å². The lowest BCUT2D eigenvalue weighted by molar-refractivity contribution is -0.168. The van der Waals surface area contributed by atoms with Crippen LogP contribution < -0.4 is 0 Å². The molecule has 2 aliphatic heterocycles. The van der Waals surface area contributed by atoms with Crippen LogP contribution in [-0.4, -0.2) is 51.3 Å². The van der Waals surface area contributed by atoms with Crippen molar-refractivity contribution in [3.63, 3.8) is 0 Å². The number of methoxy groups -OCH3 is 1. The normalized spacial score (nSPS) is 27.6. The van der Waals surface area contributed by atoms with Gasteiger partial charge in [0.2, 0.25) is 0 Å². The van der Waals surface area contributed by atoms with E-state index in [0.717, 1.165) is 64.4 Å². The molecule has 0 aromatic rings. The van der Waals surface area contributed by atoms with E-state index in [2.05, 4.69) is 26.8 Å². The minimum atomic E-state index is -1.01. The maximum absolute atomic E-state index is 13.8. The van der Waals surface area contributed by atoms with Gasteiger partial charge in [-0.2, -0.15) is 0 Å². The Morgan fingerprint density at radius 3 is 2.37 bits per heavy atom. The predicted octanol–water partition coefficient (Wildman–Crippen LogP) is 7.67. The summed E-state index contributed by atoms with van der Waals surface area (Å²) in [6, 6.07) is 0. The molecular weight excluding hydrogens is 520 g/mol.